The van der Waals surface area contributed by atoms with Crippen LogP contribution in [0.1, 0.15) is 31.7 Å². The van der Waals surface area contributed by atoms with E-state index in [1.54, 1.807) is 13.2 Å². The van der Waals surface area contributed by atoms with Gasteiger partial charge in [-0.1, -0.05) is 0 Å². The van der Waals surface area contributed by atoms with Crippen LogP contribution < -0.4 is 15.5 Å². The molecule has 1 aliphatic rings. The van der Waals surface area contributed by atoms with Crippen molar-refractivity contribution in [1.82, 2.24) is 10.3 Å². The average molecular weight is 262 g/mol. The third kappa shape index (κ3) is 3.16. The van der Waals surface area contributed by atoms with Crippen molar-refractivity contribution >= 4 is 17.5 Å². The van der Waals surface area contributed by atoms with Crippen molar-refractivity contribution in [2.75, 3.05) is 23.8 Å². The molecule has 19 heavy (non-hydrogen) atoms. The van der Waals surface area contributed by atoms with E-state index < -0.39 is 0 Å². The Hall–Kier alpha value is -1.78. The predicted octanol–water partition coefficient (Wildman–Crippen LogP) is 2.52. The number of carbonyl (C=O) groups is 1. The molecule has 1 aromatic rings. The minimum absolute atomic E-state index is 0.222. The molecule has 0 spiro atoms. The number of aryl methyl sites for hydroxylation is 1. The first kappa shape index (κ1) is 13.6. The molecule has 1 saturated heterocycles. The number of amides is 2. The van der Waals surface area contributed by atoms with E-state index in [1.165, 1.54) is 19.3 Å². The second kappa shape index (κ2) is 5.91. The SMILES string of the molecule is CNC(=O)Nc1cnc(N2CCCCC2C)c(C)c1. The number of hydrogen-bond acceptors (Lipinski definition) is 3. The molecular weight excluding hydrogens is 240 g/mol. The quantitative estimate of drug-likeness (QED) is 0.861. The van der Waals surface area contributed by atoms with Crippen LogP contribution in [0.2, 0.25) is 0 Å². The van der Waals surface area contributed by atoms with Crippen LogP contribution in [0.5, 0.6) is 0 Å². The van der Waals surface area contributed by atoms with E-state index in [0.717, 1.165) is 23.6 Å². The summed E-state index contributed by atoms with van der Waals surface area (Å²) in [6.07, 6.45) is 5.47. The van der Waals surface area contributed by atoms with Crippen LogP contribution in [-0.2, 0) is 0 Å². The highest BCUT2D eigenvalue weighted by atomic mass is 16.2. The number of anilines is 2. The Labute approximate surface area is 114 Å². The maximum Gasteiger partial charge on any atom is 0.319 e. The van der Waals surface area contributed by atoms with Gasteiger partial charge < -0.3 is 15.5 Å². The number of piperidine rings is 1. The minimum Gasteiger partial charge on any atom is -0.354 e. The highest BCUT2D eigenvalue weighted by molar-refractivity contribution is 5.89. The molecule has 1 atom stereocenters. The van der Waals surface area contributed by atoms with Crippen molar-refractivity contribution < 1.29 is 4.79 Å². The van der Waals surface area contributed by atoms with Crippen molar-refractivity contribution in [3.05, 3.63) is 17.8 Å². The molecule has 1 aliphatic heterocycles. The van der Waals surface area contributed by atoms with Crippen molar-refractivity contribution in [3.8, 4) is 0 Å². The first-order chi connectivity index (χ1) is 9.11. The van der Waals surface area contributed by atoms with Crippen molar-refractivity contribution in [2.45, 2.75) is 39.2 Å². The van der Waals surface area contributed by atoms with Gasteiger partial charge in [0.05, 0.1) is 11.9 Å². The summed E-state index contributed by atoms with van der Waals surface area (Å²) >= 11 is 0. The Morgan fingerprint density at radius 2 is 2.26 bits per heavy atom. The third-order valence-corrected chi connectivity index (χ3v) is 3.61. The standard InChI is InChI=1S/C14H22N4O/c1-10-8-12(17-14(19)15-3)9-16-13(10)18-7-5-4-6-11(18)2/h8-9,11H,4-7H2,1-3H3,(H2,15,17,19). The molecule has 2 N–H and O–H groups in total. The fourth-order valence-corrected chi connectivity index (χ4v) is 2.54. The van der Waals surface area contributed by atoms with Crippen molar-refractivity contribution in [3.63, 3.8) is 0 Å². The van der Waals surface area contributed by atoms with Gasteiger partial charge in [0.25, 0.3) is 0 Å². The maximum atomic E-state index is 11.3. The summed E-state index contributed by atoms with van der Waals surface area (Å²) in [5.74, 6) is 1.04. The molecule has 1 fully saturated rings. The van der Waals surface area contributed by atoms with E-state index in [4.69, 9.17) is 0 Å². The van der Waals surface area contributed by atoms with E-state index >= 15 is 0 Å². The number of hydrogen-bond donors (Lipinski definition) is 2. The normalized spacial score (nSPS) is 19.1. The molecule has 2 rings (SSSR count). The number of rotatable bonds is 2. The van der Waals surface area contributed by atoms with Gasteiger partial charge in [-0.3, -0.25) is 0 Å². The first-order valence-electron chi connectivity index (χ1n) is 6.84. The molecule has 2 amide bonds. The second-order valence-corrected chi connectivity index (χ2v) is 5.11. The van der Waals surface area contributed by atoms with Gasteiger partial charge in [-0.2, -0.15) is 0 Å². The fourth-order valence-electron chi connectivity index (χ4n) is 2.54. The number of urea groups is 1. The highest BCUT2D eigenvalue weighted by Gasteiger charge is 2.21. The van der Waals surface area contributed by atoms with Crippen molar-refractivity contribution in [1.29, 1.82) is 0 Å². The summed E-state index contributed by atoms with van der Waals surface area (Å²) < 4.78 is 0. The number of aromatic nitrogens is 1. The van der Waals surface area contributed by atoms with Gasteiger partial charge in [-0.05, 0) is 44.7 Å². The van der Waals surface area contributed by atoms with E-state index in [2.05, 4.69) is 27.4 Å². The number of nitrogens with one attached hydrogen (secondary N) is 2. The lowest BCUT2D eigenvalue weighted by molar-refractivity contribution is 0.254. The monoisotopic (exact) mass is 262 g/mol. The van der Waals surface area contributed by atoms with Gasteiger partial charge in [-0.25, -0.2) is 9.78 Å². The van der Waals surface area contributed by atoms with Gasteiger partial charge in [-0.15, -0.1) is 0 Å². The summed E-state index contributed by atoms with van der Waals surface area (Å²) in [6, 6.07) is 2.29. The largest absolute Gasteiger partial charge is 0.354 e. The summed E-state index contributed by atoms with van der Waals surface area (Å²) in [6.45, 7) is 5.35. The number of carbonyl (C=O) groups excluding carboxylic acids is 1. The fraction of sp³-hybridized carbons (Fsp3) is 0.571. The summed E-state index contributed by atoms with van der Waals surface area (Å²) in [4.78, 5) is 18.2. The van der Waals surface area contributed by atoms with Gasteiger partial charge >= 0.3 is 6.03 Å². The molecule has 1 unspecified atom stereocenters. The summed E-state index contributed by atoms with van der Waals surface area (Å²) in [5.41, 5.74) is 1.83. The lowest BCUT2D eigenvalue weighted by Gasteiger charge is -2.35. The zero-order chi connectivity index (χ0) is 13.8. The van der Waals surface area contributed by atoms with Crippen LogP contribution >= 0.6 is 0 Å². The van der Waals surface area contributed by atoms with E-state index in [1.807, 2.05) is 13.0 Å². The van der Waals surface area contributed by atoms with Crippen LogP contribution in [0, 0.1) is 6.92 Å². The van der Waals surface area contributed by atoms with Crippen molar-refractivity contribution in [2.24, 2.45) is 0 Å². The lowest BCUT2D eigenvalue weighted by atomic mass is 10.0. The van der Waals surface area contributed by atoms with Gasteiger partial charge in [0, 0.05) is 19.6 Å². The Morgan fingerprint density at radius 1 is 1.47 bits per heavy atom. The summed E-state index contributed by atoms with van der Waals surface area (Å²) in [5, 5.41) is 5.27. The molecule has 0 saturated carbocycles. The average Bonchev–Trinajstić information content (AvgIpc) is 2.40. The highest BCUT2D eigenvalue weighted by Crippen LogP contribution is 2.26. The number of pyridine rings is 1. The third-order valence-electron chi connectivity index (χ3n) is 3.61. The van der Waals surface area contributed by atoms with Crippen LogP contribution in [-0.4, -0.2) is 30.6 Å². The molecular formula is C14H22N4O. The van der Waals surface area contributed by atoms with Crippen LogP contribution in [0.15, 0.2) is 12.3 Å². The smallest absolute Gasteiger partial charge is 0.319 e. The summed E-state index contributed by atoms with van der Waals surface area (Å²) in [7, 11) is 1.60. The first-order valence-corrected chi connectivity index (χ1v) is 6.84. The zero-order valence-corrected chi connectivity index (χ0v) is 11.9. The van der Waals surface area contributed by atoms with Gasteiger partial charge in [0.1, 0.15) is 5.82 Å². The Bertz CT molecular complexity index is 461. The lowest BCUT2D eigenvalue weighted by Crippen LogP contribution is -2.38. The molecule has 0 aromatic carbocycles. The second-order valence-electron chi connectivity index (χ2n) is 5.11. The molecule has 5 nitrogen and oxygen atoms in total. The molecule has 2 heterocycles. The van der Waals surface area contributed by atoms with Crippen LogP contribution in [0.4, 0.5) is 16.3 Å². The van der Waals surface area contributed by atoms with E-state index in [0.29, 0.717) is 6.04 Å². The molecule has 0 aliphatic carbocycles. The Kier molecular flexibility index (Phi) is 4.24. The van der Waals surface area contributed by atoms with Gasteiger partial charge in [0.15, 0.2) is 0 Å². The predicted molar refractivity (Wildman–Crippen MR) is 77.7 cm³/mol. The minimum atomic E-state index is -0.222. The molecule has 0 radical (unpaired) electrons. The van der Waals surface area contributed by atoms with Crippen LogP contribution in [0.25, 0.3) is 0 Å². The topological polar surface area (TPSA) is 57.3 Å². The Morgan fingerprint density at radius 3 is 2.89 bits per heavy atom. The zero-order valence-electron chi connectivity index (χ0n) is 11.9. The van der Waals surface area contributed by atoms with E-state index in [-0.39, 0.29) is 6.03 Å². The van der Waals surface area contributed by atoms with Gasteiger partial charge in [0.2, 0.25) is 0 Å². The number of nitrogens with zero attached hydrogens (tertiary/aromatic N) is 2. The van der Waals surface area contributed by atoms with E-state index in [9.17, 15) is 4.79 Å². The van der Waals surface area contributed by atoms with Crippen LogP contribution in [0.3, 0.4) is 0 Å². The molecule has 1 aromatic heterocycles. The Balaban J connectivity index is 2.16. The maximum absolute atomic E-state index is 11.3. The molecule has 0 bridgehead atoms. The molecule has 5 heteroatoms. The molecule has 104 valence electrons.